The Kier molecular flexibility index (Phi) is 11.3. The maximum Gasteiger partial charge on any atom is 0.308 e. The number of hydrogen-bond acceptors (Lipinski definition) is 8. The van der Waals surface area contributed by atoms with Crippen LogP contribution in [-0.4, -0.2) is 75.0 Å². The van der Waals surface area contributed by atoms with Crippen LogP contribution in [0.4, 0.5) is 0 Å². The Morgan fingerprint density at radius 2 is 1.87 bits per heavy atom. The SMILES string of the molecule is CC(=O)O[C@@H](C)/C=C\C(=O)N[C@@H]1C[C@H](C)[C@H](C/C=C(C)/C=C/[C@@H]2C[C@@](C)(O)CC(O)(CC(=O)O)O2)O[C@@H]1C. The van der Waals surface area contributed by atoms with Gasteiger partial charge in [0.2, 0.25) is 5.91 Å². The van der Waals surface area contributed by atoms with Crippen LogP contribution in [0.15, 0.2) is 36.0 Å². The summed E-state index contributed by atoms with van der Waals surface area (Å²) in [5.41, 5.74) is -0.314. The third-order valence-electron chi connectivity index (χ3n) is 6.76. The minimum absolute atomic E-state index is 0.0339. The molecule has 0 aromatic carbocycles. The lowest BCUT2D eigenvalue weighted by atomic mass is 9.85. The third kappa shape index (κ3) is 10.7. The van der Waals surface area contributed by atoms with E-state index in [0.29, 0.717) is 6.42 Å². The molecule has 2 aliphatic rings. The van der Waals surface area contributed by atoms with Crippen LogP contribution in [0.5, 0.6) is 0 Å². The molecule has 0 spiro atoms. The van der Waals surface area contributed by atoms with Crippen LogP contribution in [0.3, 0.4) is 0 Å². The molecule has 2 aliphatic heterocycles. The van der Waals surface area contributed by atoms with Crippen LogP contribution in [-0.2, 0) is 28.6 Å². The molecule has 0 bridgehead atoms. The predicted octanol–water partition coefficient (Wildman–Crippen LogP) is 2.78. The molecule has 214 valence electrons. The van der Waals surface area contributed by atoms with Gasteiger partial charge >= 0.3 is 11.9 Å². The number of esters is 1. The molecule has 1 unspecified atom stereocenters. The molecular weight excluding hydrogens is 494 g/mol. The number of carboxylic acids is 1. The molecule has 0 aliphatic carbocycles. The number of nitrogens with one attached hydrogen (secondary N) is 1. The quantitative estimate of drug-likeness (QED) is 0.187. The van der Waals surface area contributed by atoms with Crippen LogP contribution in [0.1, 0.15) is 73.6 Å². The zero-order valence-electron chi connectivity index (χ0n) is 23.2. The van der Waals surface area contributed by atoms with E-state index in [1.807, 2.05) is 26.0 Å². The number of amides is 1. The van der Waals surface area contributed by atoms with E-state index in [-0.39, 0.29) is 42.9 Å². The minimum atomic E-state index is -1.93. The van der Waals surface area contributed by atoms with Crippen LogP contribution < -0.4 is 5.32 Å². The number of carbonyl (C=O) groups excluding carboxylic acids is 2. The smallest absolute Gasteiger partial charge is 0.308 e. The third-order valence-corrected chi connectivity index (χ3v) is 6.76. The molecule has 0 radical (unpaired) electrons. The van der Waals surface area contributed by atoms with Crippen molar-refractivity contribution in [1.29, 1.82) is 0 Å². The van der Waals surface area contributed by atoms with Crippen molar-refractivity contribution in [2.75, 3.05) is 0 Å². The molecule has 1 amide bonds. The van der Waals surface area contributed by atoms with Gasteiger partial charge in [0.15, 0.2) is 5.79 Å². The molecule has 0 saturated carbocycles. The molecule has 2 saturated heterocycles. The van der Waals surface area contributed by atoms with E-state index < -0.39 is 42.0 Å². The average molecular weight is 538 g/mol. The van der Waals surface area contributed by atoms with Gasteiger partial charge in [-0.15, -0.1) is 0 Å². The second kappa shape index (κ2) is 13.5. The maximum atomic E-state index is 12.3. The summed E-state index contributed by atoms with van der Waals surface area (Å²) < 4.78 is 16.8. The number of rotatable bonds is 10. The molecule has 2 heterocycles. The summed E-state index contributed by atoms with van der Waals surface area (Å²) in [7, 11) is 0. The Morgan fingerprint density at radius 3 is 2.50 bits per heavy atom. The Bertz CT molecular complexity index is 941. The maximum absolute atomic E-state index is 12.3. The summed E-state index contributed by atoms with van der Waals surface area (Å²) in [6.45, 7) is 10.5. The van der Waals surface area contributed by atoms with E-state index in [1.165, 1.54) is 19.1 Å². The first-order valence-corrected chi connectivity index (χ1v) is 13.1. The number of aliphatic hydroxyl groups is 2. The number of hydrogen-bond donors (Lipinski definition) is 4. The van der Waals surface area contributed by atoms with Gasteiger partial charge < -0.3 is 34.8 Å². The molecule has 38 heavy (non-hydrogen) atoms. The summed E-state index contributed by atoms with van der Waals surface area (Å²) >= 11 is 0. The van der Waals surface area contributed by atoms with E-state index in [2.05, 4.69) is 12.2 Å². The van der Waals surface area contributed by atoms with Gasteiger partial charge in [0.05, 0.1) is 36.4 Å². The van der Waals surface area contributed by atoms with E-state index in [4.69, 9.17) is 19.3 Å². The van der Waals surface area contributed by atoms with E-state index in [0.717, 1.165) is 12.0 Å². The summed E-state index contributed by atoms with van der Waals surface area (Å²) in [6, 6.07) is -0.145. The average Bonchev–Trinajstić information content (AvgIpc) is 2.75. The van der Waals surface area contributed by atoms with Gasteiger partial charge in [0, 0.05) is 25.8 Å². The molecule has 10 heteroatoms. The standard InChI is InChI=1S/C28H43NO9/c1-17(7-10-22-14-27(6,34)16-28(35,38-22)15-26(32)33)8-11-24-18(2)13-23(20(4)37-24)29-25(31)12-9-19(3)36-21(5)30/h7-10,12,18-20,22-24,34-35H,11,13-16H2,1-6H3,(H,29,31)(H,32,33)/b10-7+,12-9-,17-8+/t18-,19-,20+,22+,23+,24-,27+,28?/m0/s1. The predicted molar refractivity (Wildman–Crippen MR) is 140 cm³/mol. The number of aliphatic carboxylic acids is 1. The van der Waals surface area contributed by atoms with Crippen molar-refractivity contribution in [3.63, 3.8) is 0 Å². The van der Waals surface area contributed by atoms with Crippen molar-refractivity contribution in [3.8, 4) is 0 Å². The van der Waals surface area contributed by atoms with Crippen molar-refractivity contribution in [1.82, 2.24) is 5.32 Å². The fourth-order valence-electron chi connectivity index (χ4n) is 5.01. The lowest BCUT2D eigenvalue weighted by molar-refractivity contribution is -0.281. The van der Waals surface area contributed by atoms with E-state index in [9.17, 15) is 24.6 Å². The molecule has 2 rings (SSSR count). The molecule has 10 nitrogen and oxygen atoms in total. The van der Waals surface area contributed by atoms with Gasteiger partial charge in [-0.3, -0.25) is 14.4 Å². The first kappa shape index (κ1) is 31.7. The monoisotopic (exact) mass is 537 g/mol. The van der Waals surface area contributed by atoms with Crippen LogP contribution in [0, 0.1) is 5.92 Å². The van der Waals surface area contributed by atoms with Crippen molar-refractivity contribution in [2.45, 2.75) is 115 Å². The summed E-state index contributed by atoms with van der Waals surface area (Å²) in [5.74, 6) is -3.61. The van der Waals surface area contributed by atoms with E-state index in [1.54, 1.807) is 19.9 Å². The lowest BCUT2D eigenvalue weighted by Gasteiger charge is -2.43. The van der Waals surface area contributed by atoms with Gasteiger partial charge in [-0.05, 0) is 52.5 Å². The topological polar surface area (TPSA) is 152 Å². The highest BCUT2D eigenvalue weighted by Crippen LogP contribution is 2.36. The van der Waals surface area contributed by atoms with Gasteiger partial charge in [-0.25, -0.2) is 0 Å². The molecular formula is C28H43NO9. The van der Waals surface area contributed by atoms with Gasteiger partial charge in [-0.1, -0.05) is 30.7 Å². The summed E-state index contributed by atoms with van der Waals surface area (Å²) in [6.07, 6.45) is 8.02. The highest BCUT2D eigenvalue weighted by molar-refractivity contribution is 5.87. The Labute approximate surface area is 224 Å². The highest BCUT2D eigenvalue weighted by Gasteiger charge is 2.46. The van der Waals surface area contributed by atoms with E-state index >= 15 is 0 Å². The molecule has 2 fully saturated rings. The molecule has 0 aromatic rings. The number of ether oxygens (including phenoxy) is 3. The van der Waals surface area contributed by atoms with Crippen LogP contribution in [0.25, 0.3) is 0 Å². The zero-order valence-corrected chi connectivity index (χ0v) is 23.2. The van der Waals surface area contributed by atoms with Crippen molar-refractivity contribution in [2.24, 2.45) is 5.92 Å². The zero-order chi connectivity index (χ0) is 28.7. The second-order valence-electron chi connectivity index (χ2n) is 11.0. The normalized spacial score (nSPS) is 35.3. The Morgan fingerprint density at radius 1 is 1.18 bits per heavy atom. The van der Waals surface area contributed by atoms with Crippen LogP contribution >= 0.6 is 0 Å². The summed E-state index contributed by atoms with van der Waals surface area (Å²) in [4.78, 5) is 34.4. The Hall–Kier alpha value is -2.53. The lowest BCUT2D eigenvalue weighted by Crippen LogP contribution is -2.51. The molecule has 0 aromatic heterocycles. The largest absolute Gasteiger partial charge is 0.481 e. The molecule has 8 atom stereocenters. The Balaban J connectivity index is 1.90. The highest BCUT2D eigenvalue weighted by atomic mass is 16.6. The van der Waals surface area contributed by atoms with Gasteiger partial charge in [0.25, 0.3) is 0 Å². The minimum Gasteiger partial charge on any atom is -0.481 e. The van der Waals surface area contributed by atoms with Crippen molar-refractivity contribution >= 4 is 17.8 Å². The number of carbonyl (C=O) groups is 3. The number of allylic oxidation sites excluding steroid dienone is 2. The van der Waals surface area contributed by atoms with Gasteiger partial charge in [-0.2, -0.15) is 0 Å². The first-order chi connectivity index (χ1) is 17.6. The molecule has 4 N–H and O–H groups in total. The fourth-order valence-corrected chi connectivity index (χ4v) is 5.01. The number of carboxylic acid groups (broad SMARTS) is 1. The van der Waals surface area contributed by atoms with Crippen molar-refractivity contribution in [3.05, 3.63) is 36.0 Å². The first-order valence-electron chi connectivity index (χ1n) is 13.1. The van der Waals surface area contributed by atoms with Crippen LogP contribution in [0.2, 0.25) is 0 Å². The fraction of sp³-hybridized carbons (Fsp3) is 0.679. The van der Waals surface area contributed by atoms with Crippen molar-refractivity contribution < 1.29 is 43.9 Å². The summed E-state index contributed by atoms with van der Waals surface area (Å²) in [5, 5.41) is 33.1. The van der Waals surface area contributed by atoms with Gasteiger partial charge in [0.1, 0.15) is 6.10 Å². The second-order valence-corrected chi connectivity index (χ2v) is 11.0.